The fraction of sp³-hybridized carbons (Fsp3) is 1.00. The van der Waals surface area contributed by atoms with E-state index in [1.54, 1.807) is 0 Å². The van der Waals surface area contributed by atoms with Gasteiger partial charge in [-0.2, -0.15) is 0 Å². The second-order valence-electron chi connectivity index (χ2n) is 9.17. The number of rotatable bonds is 6. The largest absolute Gasteiger partial charge is 0.304 e. The topological polar surface area (TPSA) is 9.72 Å². The number of hydrogen-bond acceptors (Lipinski definition) is 3. The molecule has 1 atom stereocenters. The van der Waals surface area contributed by atoms with Crippen LogP contribution in [0.25, 0.3) is 0 Å². The first-order valence-corrected chi connectivity index (χ1v) is 11.4. The van der Waals surface area contributed by atoms with Crippen LogP contribution >= 0.6 is 0 Å². The van der Waals surface area contributed by atoms with Crippen molar-refractivity contribution >= 4 is 0 Å². The van der Waals surface area contributed by atoms with E-state index < -0.39 is 0 Å². The van der Waals surface area contributed by atoms with Gasteiger partial charge in [-0.25, -0.2) is 0 Å². The average Bonchev–Trinajstić information content (AvgIpc) is 2.69. The molecule has 0 bridgehead atoms. The summed E-state index contributed by atoms with van der Waals surface area (Å²) in [5.74, 6) is 2.89. The van der Waals surface area contributed by atoms with Crippen molar-refractivity contribution in [3.63, 3.8) is 0 Å². The number of nitrogens with zero attached hydrogens (tertiary/aromatic N) is 3. The molecule has 0 aromatic carbocycles. The van der Waals surface area contributed by atoms with E-state index >= 15 is 0 Å². The Labute approximate surface area is 157 Å². The molecule has 3 heteroatoms. The molecule has 3 saturated heterocycles. The van der Waals surface area contributed by atoms with Crippen LogP contribution in [0.2, 0.25) is 0 Å². The maximum Gasteiger partial charge on any atom is 0.0120 e. The highest BCUT2D eigenvalue weighted by molar-refractivity contribution is 4.85. The molecule has 0 aliphatic carbocycles. The fourth-order valence-corrected chi connectivity index (χ4v) is 5.50. The number of hydrogen-bond donors (Lipinski definition) is 0. The summed E-state index contributed by atoms with van der Waals surface area (Å²) in [5.41, 5.74) is 0. The molecular weight excluding hydrogens is 306 g/mol. The predicted octanol–water partition coefficient (Wildman–Crippen LogP) is 3.94. The molecule has 0 aromatic heterocycles. The van der Waals surface area contributed by atoms with Gasteiger partial charge in [0, 0.05) is 12.6 Å². The second kappa shape index (κ2) is 9.71. The Morgan fingerprint density at radius 3 is 1.92 bits per heavy atom. The highest BCUT2D eigenvalue weighted by Crippen LogP contribution is 2.30. The van der Waals surface area contributed by atoms with Crippen molar-refractivity contribution in [2.45, 2.75) is 71.8 Å². The van der Waals surface area contributed by atoms with Crippen LogP contribution in [0, 0.1) is 17.8 Å². The molecular formula is C22H43N3. The summed E-state index contributed by atoms with van der Waals surface area (Å²) >= 11 is 0. The minimum absolute atomic E-state index is 0.885. The van der Waals surface area contributed by atoms with Crippen molar-refractivity contribution in [3.8, 4) is 0 Å². The van der Waals surface area contributed by atoms with E-state index in [9.17, 15) is 0 Å². The van der Waals surface area contributed by atoms with Gasteiger partial charge in [0.1, 0.15) is 0 Å². The van der Waals surface area contributed by atoms with Crippen LogP contribution in [0.1, 0.15) is 65.7 Å². The zero-order valence-corrected chi connectivity index (χ0v) is 17.3. The molecule has 0 spiro atoms. The lowest BCUT2D eigenvalue weighted by atomic mass is 9.83. The molecule has 3 nitrogen and oxygen atoms in total. The van der Waals surface area contributed by atoms with E-state index in [4.69, 9.17) is 0 Å². The van der Waals surface area contributed by atoms with Gasteiger partial charge < -0.3 is 14.7 Å². The molecule has 1 unspecified atom stereocenters. The minimum atomic E-state index is 0.885. The Morgan fingerprint density at radius 1 is 0.760 bits per heavy atom. The quantitative estimate of drug-likeness (QED) is 0.719. The molecule has 0 radical (unpaired) electrons. The summed E-state index contributed by atoms with van der Waals surface area (Å²) in [4.78, 5) is 8.25. The number of piperidine rings is 3. The Bertz CT molecular complexity index is 361. The Hall–Kier alpha value is -0.120. The molecule has 0 aromatic rings. The molecule has 0 amide bonds. The molecule has 0 saturated carbocycles. The molecule has 3 rings (SSSR count). The van der Waals surface area contributed by atoms with Gasteiger partial charge in [-0.05, 0) is 102 Å². The van der Waals surface area contributed by atoms with Gasteiger partial charge in [0.2, 0.25) is 0 Å². The lowest BCUT2D eigenvalue weighted by Gasteiger charge is -2.43. The second-order valence-corrected chi connectivity index (χ2v) is 9.17. The Morgan fingerprint density at radius 2 is 1.36 bits per heavy atom. The highest BCUT2D eigenvalue weighted by Gasteiger charge is 2.30. The molecule has 3 fully saturated rings. The van der Waals surface area contributed by atoms with Crippen molar-refractivity contribution < 1.29 is 0 Å². The SMILES string of the molecule is CCC(C)C1CCN(C2CCN(CC3CCN(CC)CC3)CC2)CC1. The summed E-state index contributed by atoms with van der Waals surface area (Å²) in [6, 6.07) is 0.885. The smallest absolute Gasteiger partial charge is 0.0120 e. The standard InChI is InChI=1S/C22H43N3/c1-4-19(3)21-8-16-25(17-9-21)22-10-14-24(15-11-22)18-20-6-12-23(5-2)13-7-20/h19-22H,4-18H2,1-3H3. The van der Waals surface area contributed by atoms with Crippen LogP contribution in [-0.2, 0) is 0 Å². The summed E-state index contributed by atoms with van der Waals surface area (Å²) in [6.07, 6.45) is 9.95. The first-order chi connectivity index (χ1) is 12.2. The van der Waals surface area contributed by atoms with E-state index in [0.717, 1.165) is 23.8 Å². The van der Waals surface area contributed by atoms with Gasteiger partial charge in [0.15, 0.2) is 0 Å². The molecule has 3 aliphatic rings. The molecule has 3 aliphatic heterocycles. The fourth-order valence-electron chi connectivity index (χ4n) is 5.50. The molecule has 3 heterocycles. The lowest BCUT2D eigenvalue weighted by Crippen LogP contribution is -2.49. The summed E-state index contributed by atoms with van der Waals surface area (Å²) in [6.45, 7) is 17.9. The third-order valence-electron chi connectivity index (χ3n) is 7.77. The maximum atomic E-state index is 2.84. The van der Waals surface area contributed by atoms with Crippen molar-refractivity contribution in [1.82, 2.24) is 14.7 Å². The van der Waals surface area contributed by atoms with Crippen molar-refractivity contribution in [3.05, 3.63) is 0 Å². The first-order valence-electron chi connectivity index (χ1n) is 11.4. The van der Waals surface area contributed by atoms with E-state index in [2.05, 4.69) is 35.5 Å². The zero-order chi connectivity index (χ0) is 17.6. The molecule has 0 N–H and O–H groups in total. The van der Waals surface area contributed by atoms with Gasteiger partial charge in [-0.1, -0.05) is 27.2 Å². The van der Waals surface area contributed by atoms with E-state index in [0.29, 0.717) is 0 Å². The summed E-state index contributed by atoms with van der Waals surface area (Å²) in [5, 5.41) is 0. The summed E-state index contributed by atoms with van der Waals surface area (Å²) < 4.78 is 0. The zero-order valence-electron chi connectivity index (χ0n) is 17.3. The predicted molar refractivity (Wildman–Crippen MR) is 108 cm³/mol. The number of likely N-dealkylation sites (tertiary alicyclic amines) is 3. The van der Waals surface area contributed by atoms with Gasteiger partial charge in [-0.3, -0.25) is 0 Å². The van der Waals surface area contributed by atoms with Gasteiger partial charge >= 0.3 is 0 Å². The van der Waals surface area contributed by atoms with Crippen LogP contribution in [0.15, 0.2) is 0 Å². The van der Waals surface area contributed by atoms with E-state index in [-0.39, 0.29) is 0 Å². The van der Waals surface area contributed by atoms with Gasteiger partial charge in [0.25, 0.3) is 0 Å². The Kier molecular flexibility index (Phi) is 7.63. The van der Waals surface area contributed by atoms with Crippen molar-refractivity contribution in [2.24, 2.45) is 17.8 Å². The monoisotopic (exact) mass is 349 g/mol. The Balaban J connectivity index is 1.34. The van der Waals surface area contributed by atoms with Crippen molar-refractivity contribution in [1.29, 1.82) is 0 Å². The first kappa shape index (κ1) is 19.6. The van der Waals surface area contributed by atoms with Crippen LogP contribution in [0.3, 0.4) is 0 Å². The minimum Gasteiger partial charge on any atom is -0.304 e. The lowest BCUT2D eigenvalue weighted by molar-refractivity contribution is 0.0572. The normalized spacial score (nSPS) is 28.4. The highest BCUT2D eigenvalue weighted by atomic mass is 15.2. The van der Waals surface area contributed by atoms with Crippen LogP contribution in [0.4, 0.5) is 0 Å². The van der Waals surface area contributed by atoms with Crippen LogP contribution in [0.5, 0.6) is 0 Å². The van der Waals surface area contributed by atoms with E-state index in [1.807, 2.05) is 0 Å². The van der Waals surface area contributed by atoms with Gasteiger partial charge in [0.05, 0.1) is 0 Å². The van der Waals surface area contributed by atoms with Crippen LogP contribution < -0.4 is 0 Å². The van der Waals surface area contributed by atoms with E-state index in [1.165, 1.54) is 97.3 Å². The average molecular weight is 350 g/mol. The molecule has 25 heavy (non-hydrogen) atoms. The third kappa shape index (κ3) is 5.43. The summed E-state index contributed by atoms with van der Waals surface area (Å²) in [7, 11) is 0. The molecule has 146 valence electrons. The van der Waals surface area contributed by atoms with Gasteiger partial charge in [-0.15, -0.1) is 0 Å². The van der Waals surface area contributed by atoms with Crippen LogP contribution in [-0.4, -0.2) is 73.1 Å². The van der Waals surface area contributed by atoms with Crippen molar-refractivity contribution in [2.75, 3.05) is 52.4 Å². The maximum absolute atomic E-state index is 2.84. The third-order valence-corrected chi connectivity index (χ3v) is 7.77.